The maximum atomic E-state index is 12.3. The third kappa shape index (κ3) is 3.61. The molecule has 20 heavy (non-hydrogen) atoms. The molecule has 0 saturated carbocycles. The van der Waals surface area contributed by atoms with Gasteiger partial charge in [-0.2, -0.15) is 0 Å². The van der Waals surface area contributed by atoms with Gasteiger partial charge in [-0.05, 0) is 24.4 Å². The molecule has 3 nitrogen and oxygen atoms in total. The van der Waals surface area contributed by atoms with Crippen molar-refractivity contribution in [2.75, 3.05) is 7.05 Å². The first-order valence-electron chi connectivity index (χ1n) is 6.63. The highest BCUT2D eigenvalue weighted by Gasteiger charge is 2.17. The summed E-state index contributed by atoms with van der Waals surface area (Å²) < 4.78 is 0. The number of nitrogens with zero attached hydrogens (tertiary/aromatic N) is 1. The van der Waals surface area contributed by atoms with Gasteiger partial charge in [0.05, 0.1) is 6.42 Å². The van der Waals surface area contributed by atoms with Crippen LogP contribution in [0.3, 0.4) is 0 Å². The Labute approximate surface area is 123 Å². The van der Waals surface area contributed by atoms with Crippen LogP contribution in [0, 0.1) is 0 Å². The fraction of sp³-hybridized carbons (Fsp3) is 0.312. The van der Waals surface area contributed by atoms with E-state index in [1.165, 1.54) is 4.88 Å². The number of carbonyl (C=O) groups is 1. The smallest absolute Gasteiger partial charge is 0.227 e. The number of likely N-dealkylation sites (N-methyl/N-ethyl adjacent to an activating group) is 1. The normalized spacial score (nSPS) is 12.1. The predicted octanol–water partition coefficient (Wildman–Crippen LogP) is 3.09. The highest BCUT2D eigenvalue weighted by atomic mass is 32.1. The lowest BCUT2D eigenvalue weighted by Gasteiger charge is -2.25. The van der Waals surface area contributed by atoms with Crippen LogP contribution < -0.4 is 0 Å². The Bertz CT molecular complexity index is 566. The Morgan fingerprint density at radius 2 is 2.05 bits per heavy atom. The maximum Gasteiger partial charge on any atom is 0.227 e. The number of hydrogen-bond donors (Lipinski definition) is 1. The number of phenols is 1. The highest BCUT2D eigenvalue weighted by molar-refractivity contribution is 7.09. The average molecular weight is 289 g/mol. The van der Waals surface area contributed by atoms with E-state index < -0.39 is 0 Å². The monoisotopic (exact) mass is 289 g/mol. The van der Waals surface area contributed by atoms with Gasteiger partial charge in [0.1, 0.15) is 5.75 Å². The summed E-state index contributed by atoms with van der Waals surface area (Å²) >= 11 is 1.71. The van der Waals surface area contributed by atoms with Crippen LogP contribution in [0.5, 0.6) is 5.75 Å². The number of benzene rings is 1. The minimum Gasteiger partial charge on any atom is -0.508 e. The number of carbonyl (C=O) groups excluding carboxylic acids is 1. The van der Waals surface area contributed by atoms with Crippen molar-refractivity contribution in [3.63, 3.8) is 0 Å². The molecule has 0 aliphatic carbocycles. The summed E-state index contributed by atoms with van der Waals surface area (Å²) in [5.41, 5.74) is 0.674. The molecule has 2 aromatic rings. The molecule has 0 aliphatic heterocycles. The molecular weight excluding hydrogens is 270 g/mol. The molecule has 106 valence electrons. The van der Waals surface area contributed by atoms with Crippen molar-refractivity contribution in [2.45, 2.75) is 25.8 Å². The van der Waals surface area contributed by atoms with Gasteiger partial charge in [-0.1, -0.05) is 24.3 Å². The molecule has 0 spiro atoms. The Morgan fingerprint density at radius 3 is 2.70 bits per heavy atom. The molecule has 1 amide bonds. The fourth-order valence-corrected chi connectivity index (χ4v) is 2.88. The van der Waals surface area contributed by atoms with Crippen LogP contribution in [0.2, 0.25) is 0 Å². The van der Waals surface area contributed by atoms with Gasteiger partial charge < -0.3 is 10.0 Å². The predicted molar refractivity (Wildman–Crippen MR) is 82.1 cm³/mol. The minimum atomic E-state index is 0.0237. The second kappa shape index (κ2) is 6.57. The minimum absolute atomic E-state index is 0.0237. The average Bonchev–Trinajstić information content (AvgIpc) is 2.93. The fourth-order valence-electron chi connectivity index (χ4n) is 2.05. The largest absolute Gasteiger partial charge is 0.508 e. The van der Waals surface area contributed by atoms with E-state index in [4.69, 9.17) is 0 Å². The van der Waals surface area contributed by atoms with E-state index in [1.807, 2.05) is 31.5 Å². The number of hydrogen-bond acceptors (Lipinski definition) is 3. The molecule has 1 N–H and O–H groups in total. The molecule has 2 rings (SSSR count). The van der Waals surface area contributed by atoms with E-state index in [2.05, 4.69) is 6.07 Å². The zero-order valence-corrected chi connectivity index (χ0v) is 12.6. The van der Waals surface area contributed by atoms with E-state index in [9.17, 15) is 9.90 Å². The van der Waals surface area contributed by atoms with Gasteiger partial charge in [-0.3, -0.25) is 4.79 Å². The molecule has 0 unspecified atom stereocenters. The SMILES string of the molecule is C[C@H](Cc1cccs1)N(C)C(=O)Cc1ccccc1O. The van der Waals surface area contributed by atoms with Gasteiger partial charge in [-0.25, -0.2) is 0 Å². The Morgan fingerprint density at radius 1 is 1.30 bits per heavy atom. The molecule has 1 heterocycles. The van der Waals surface area contributed by atoms with Crippen LogP contribution in [-0.4, -0.2) is 29.0 Å². The molecule has 0 radical (unpaired) electrons. The molecule has 1 aromatic carbocycles. The first-order chi connectivity index (χ1) is 9.58. The Hall–Kier alpha value is -1.81. The van der Waals surface area contributed by atoms with Crippen molar-refractivity contribution < 1.29 is 9.90 Å². The van der Waals surface area contributed by atoms with Crippen LogP contribution in [0.15, 0.2) is 41.8 Å². The van der Waals surface area contributed by atoms with E-state index in [0.29, 0.717) is 5.56 Å². The number of aromatic hydroxyl groups is 1. The lowest BCUT2D eigenvalue weighted by Crippen LogP contribution is -2.37. The van der Waals surface area contributed by atoms with Gasteiger partial charge in [0.2, 0.25) is 5.91 Å². The van der Waals surface area contributed by atoms with Crippen LogP contribution in [0.25, 0.3) is 0 Å². The molecule has 0 fully saturated rings. The first-order valence-corrected chi connectivity index (χ1v) is 7.51. The standard InChI is InChI=1S/C16H19NO2S/c1-12(10-14-7-5-9-20-14)17(2)16(19)11-13-6-3-4-8-15(13)18/h3-9,12,18H,10-11H2,1-2H3/t12-/m1/s1. The molecular formula is C16H19NO2S. The summed E-state index contributed by atoms with van der Waals surface area (Å²) in [6.45, 7) is 2.04. The third-order valence-electron chi connectivity index (χ3n) is 3.46. The van der Waals surface area contributed by atoms with E-state index in [1.54, 1.807) is 34.4 Å². The Kier molecular flexibility index (Phi) is 4.79. The van der Waals surface area contributed by atoms with Crippen molar-refractivity contribution in [2.24, 2.45) is 0 Å². The Balaban J connectivity index is 1.96. The number of rotatable bonds is 5. The number of para-hydroxylation sites is 1. The number of phenolic OH excluding ortho intramolecular Hbond substituents is 1. The van der Waals surface area contributed by atoms with E-state index in [-0.39, 0.29) is 24.1 Å². The topological polar surface area (TPSA) is 40.5 Å². The lowest BCUT2D eigenvalue weighted by molar-refractivity contribution is -0.130. The second-order valence-electron chi connectivity index (χ2n) is 4.94. The molecule has 0 saturated heterocycles. The number of thiophene rings is 1. The molecule has 1 aromatic heterocycles. The summed E-state index contributed by atoms with van der Waals surface area (Å²) in [5, 5.41) is 11.8. The van der Waals surface area contributed by atoms with E-state index in [0.717, 1.165) is 6.42 Å². The third-order valence-corrected chi connectivity index (χ3v) is 4.36. The summed E-state index contributed by atoms with van der Waals surface area (Å²) in [7, 11) is 1.82. The zero-order chi connectivity index (χ0) is 14.5. The lowest BCUT2D eigenvalue weighted by atomic mass is 10.1. The van der Waals surface area contributed by atoms with Crippen LogP contribution in [0.4, 0.5) is 0 Å². The van der Waals surface area contributed by atoms with Gasteiger partial charge in [-0.15, -0.1) is 11.3 Å². The summed E-state index contributed by atoms with van der Waals surface area (Å²) in [4.78, 5) is 15.3. The van der Waals surface area contributed by atoms with Crippen molar-refractivity contribution in [1.29, 1.82) is 0 Å². The van der Waals surface area contributed by atoms with Crippen molar-refractivity contribution in [3.8, 4) is 5.75 Å². The second-order valence-corrected chi connectivity index (χ2v) is 5.97. The van der Waals surface area contributed by atoms with Crippen molar-refractivity contribution in [3.05, 3.63) is 52.2 Å². The quantitative estimate of drug-likeness (QED) is 0.919. The van der Waals surface area contributed by atoms with E-state index >= 15 is 0 Å². The van der Waals surface area contributed by atoms with Gasteiger partial charge in [0.15, 0.2) is 0 Å². The highest BCUT2D eigenvalue weighted by Crippen LogP contribution is 2.18. The zero-order valence-electron chi connectivity index (χ0n) is 11.7. The molecule has 1 atom stereocenters. The van der Waals surface area contributed by atoms with Gasteiger partial charge in [0.25, 0.3) is 0 Å². The summed E-state index contributed by atoms with van der Waals surface area (Å²) in [6, 6.07) is 11.2. The first kappa shape index (κ1) is 14.6. The van der Waals surface area contributed by atoms with Gasteiger partial charge >= 0.3 is 0 Å². The molecule has 0 bridgehead atoms. The van der Waals surface area contributed by atoms with Gasteiger partial charge in [0, 0.05) is 30.0 Å². The summed E-state index contributed by atoms with van der Waals surface area (Å²) in [5.74, 6) is 0.204. The number of amides is 1. The van der Waals surface area contributed by atoms with Crippen LogP contribution in [0.1, 0.15) is 17.4 Å². The maximum absolute atomic E-state index is 12.3. The van der Waals surface area contributed by atoms with Crippen LogP contribution >= 0.6 is 11.3 Å². The molecule has 0 aliphatic rings. The van der Waals surface area contributed by atoms with Crippen molar-refractivity contribution in [1.82, 2.24) is 4.90 Å². The summed E-state index contributed by atoms with van der Waals surface area (Å²) in [6.07, 6.45) is 1.10. The molecule has 4 heteroatoms. The van der Waals surface area contributed by atoms with Crippen LogP contribution in [-0.2, 0) is 17.6 Å². The van der Waals surface area contributed by atoms with Crippen molar-refractivity contribution >= 4 is 17.2 Å².